The van der Waals surface area contributed by atoms with Gasteiger partial charge in [-0.2, -0.15) is 13.2 Å². The number of alkyl halides is 3. The predicted molar refractivity (Wildman–Crippen MR) is 53.4 cm³/mol. The zero-order valence-electron chi connectivity index (χ0n) is 9.40. The van der Waals surface area contributed by atoms with Crippen LogP contribution in [0.15, 0.2) is 0 Å². The summed E-state index contributed by atoms with van der Waals surface area (Å²) in [6, 6.07) is 0. The van der Waals surface area contributed by atoms with Crippen LogP contribution in [0.25, 0.3) is 0 Å². The first-order valence-electron chi connectivity index (χ1n) is 5.98. The zero-order valence-corrected chi connectivity index (χ0v) is 9.40. The molecule has 0 spiro atoms. The lowest BCUT2D eigenvalue weighted by atomic mass is 9.64. The first kappa shape index (κ1) is 11.3. The van der Waals surface area contributed by atoms with Gasteiger partial charge in [0.25, 0.3) is 0 Å². The van der Waals surface area contributed by atoms with Crippen LogP contribution in [0.5, 0.6) is 0 Å². The Morgan fingerprint density at radius 3 is 2.33 bits per heavy atom. The number of fused-ring (bicyclic) bond motifs is 2. The molecule has 0 saturated heterocycles. The third-order valence-corrected chi connectivity index (χ3v) is 4.92. The molecular weight excluding hydrogens is 201 g/mol. The highest BCUT2D eigenvalue weighted by Gasteiger charge is 2.66. The van der Waals surface area contributed by atoms with Crippen molar-refractivity contribution in [1.82, 2.24) is 0 Å². The van der Waals surface area contributed by atoms with E-state index in [1.165, 1.54) is 0 Å². The maximum Gasteiger partial charge on any atom is 0.395 e. The van der Waals surface area contributed by atoms with E-state index in [0.29, 0.717) is 18.8 Å². The summed E-state index contributed by atoms with van der Waals surface area (Å²) in [6.45, 7) is 3.67. The molecule has 0 aromatic carbocycles. The molecule has 2 aliphatic carbocycles. The van der Waals surface area contributed by atoms with Crippen LogP contribution in [-0.2, 0) is 0 Å². The van der Waals surface area contributed by atoms with E-state index in [1.54, 1.807) is 6.92 Å². The summed E-state index contributed by atoms with van der Waals surface area (Å²) in [5.74, 6) is 0.0517. The van der Waals surface area contributed by atoms with E-state index >= 15 is 0 Å². The van der Waals surface area contributed by atoms with Gasteiger partial charge in [0.1, 0.15) is 0 Å². The monoisotopic (exact) mass is 220 g/mol. The van der Waals surface area contributed by atoms with Gasteiger partial charge in [-0.05, 0) is 37.0 Å². The second kappa shape index (κ2) is 3.39. The fourth-order valence-corrected chi connectivity index (χ4v) is 3.97. The van der Waals surface area contributed by atoms with Crippen molar-refractivity contribution >= 4 is 0 Å². The lowest BCUT2D eigenvalue weighted by Crippen LogP contribution is -2.47. The van der Waals surface area contributed by atoms with Crippen molar-refractivity contribution in [2.24, 2.45) is 23.2 Å². The van der Waals surface area contributed by atoms with Crippen LogP contribution in [-0.4, -0.2) is 6.18 Å². The third kappa shape index (κ3) is 1.42. The van der Waals surface area contributed by atoms with Gasteiger partial charge < -0.3 is 0 Å². The summed E-state index contributed by atoms with van der Waals surface area (Å²) < 4.78 is 39.9. The largest absolute Gasteiger partial charge is 0.395 e. The quantitative estimate of drug-likeness (QED) is 0.647. The molecule has 0 aromatic rings. The van der Waals surface area contributed by atoms with Gasteiger partial charge in [-0.1, -0.05) is 26.7 Å². The highest BCUT2D eigenvalue weighted by molar-refractivity contribution is 5.06. The average Bonchev–Trinajstić information content (AvgIpc) is 2.74. The number of hydrogen-bond acceptors (Lipinski definition) is 0. The van der Waals surface area contributed by atoms with E-state index in [4.69, 9.17) is 0 Å². The molecule has 15 heavy (non-hydrogen) atoms. The molecule has 0 amide bonds. The Kier molecular flexibility index (Phi) is 2.55. The highest BCUT2D eigenvalue weighted by Crippen LogP contribution is 2.66. The summed E-state index contributed by atoms with van der Waals surface area (Å²) in [5, 5.41) is 0. The Labute approximate surface area is 89.2 Å². The molecule has 0 heterocycles. The fourth-order valence-electron chi connectivity index (χ4n) is 3.97. The van der Waals surface area contributed by atoms with Crippen LogP contribution in [0.1, 0.15) is 46.0 Å². The van der Waals surface area contributed by atoms with Crippen LogP contribution in [0.4, 0.5) is 13.2 Å². The molecule has 4 atom stereocenters. The summed E-state index contributed by atoms with van der Waals surface area (Å²) in [5.41, 5.74) is -1.34. The van der Waals surface area contributed by atoms with Crippen molar-refractivity contribution in [3.63, 3.8) is 0 Å². The van der Waals surface area contributed by atoms with E-state index in [-0.39, 0.29) is 11.8 Å². The SMILES string of the molecule is CCC(C)C1(C(F)(F)F)CC2CCC1C2. The Morgan fingerprint density at radius 2 is 2.00 bits per heavy atom. The molecule has 88 valence electrons. The molecule has 2 saturated carbocycles. The van der Waals surface area contributed by atoms with Gasteiger partial charge >= 0.3 is 6.18 Å². The zero-order chi connectivity index (χ0) is 11.3. The molecule has 0 N–H and O–H groups in total. The van der Waals surface area contributed by atoms with E-state index in [0.717, 1.165) is 19.3 Å². The van der Waals surface area contributed by atoms with E-state index in [9.17, 15) is 13.2 Å². The highest BCUT2D eigenvalue weighted by atomic mass is 19.4. The molecule has 2 rings (SSSR count). The Bertz CT molecular complexity index is 246. The van der Waals surface area contributed by atoms with Crippen molar-refractivity contribution in [2.45, 2.75) is 52.1 Å². The van der Waals surface area contributed by atoms with Crippen molar-refractivity contribution < 1.29 is 13.2 Å². The number of hydrogen-bond donors (Lipinski definition) is 0. The maximum atomic E-state index is 13.3. The fraction of sp³-hybridized carbons (Fsp3) is 1.00. The van der Waals surface area contributed by atoms with Crippen LogP contribution in [0.3, 0.4) is 0 Å². The first-order chi connectivity index (χ1) is 6.91. The Morgan fingerprint density at radius 1 is 1.33 bits per heavy atom. The molecule has 2 aliphatic rings. The van der Waals surface area contributed by atoms with Crippen LogP contribution in [0, 0.1) is 23.2 Å². The first-order valence-corrected chi connectivity index (χ1v) is 5.98. The predicted octanol–water partition coefficient (Wildman–Crippen LogP) is 4.40. The summed E-state index contributed by atoms with van der Waals surface area (Å²) in [4.78, 5) is 0. The molecule has 0 nitrogen and oxygen atoms in total. The van der Waals surface area contributed by atoms with Gasteiger partial charge in [0.2, 0.25) is 0 Å². The van der Waals surface area contributed by atoms with Gasteiger partial charge in [-0.15, -0.1) is 0 Å². The molecule has 4 unspecified atom stereocenters. The van der Waals surface area contributed by atoms with Crippen LogP contribution in [0.2, 0.25) is 0 Å². The second-order valence-corrected chi connectivity index (χ2v) is 5.43. The molecule has 2 bridgehead atoms. The minimum absolute atomic E-state index is 0.0857. The average molecular weight is 220 g/mol. The van der Waals surface area contributed by atoms with Gasteiger partial charge in [0, 0.05) is 0 Å². The van der Waals surface area contributed by atoms with Crippen LogP contribution < -0.4 is 0 Å². The lowest BCUT2D eigenvalue weighted by molar-refractivity contribution is -0.260. The standard InChI is InChI=1S/C12H19F3/c1-3-8(2)11(12(13,14)15)7-9-4-5-10(11)6-9/h8-10H,3-7H2,1-2H3. The Balaban J connectivity index is 2.33. The van der Waals surface area contributed by atoms with Crippen molar-refractivity contribution in [2.75, 3.05) is 0 Å². The summed E-state index contributed by atoms with van der Waals surface area (Å²) in [6.07, 6.45) is -0.307. The lowest BCUT2D eigenvalue weighted by Gasteiger charge is -2.43. The van der Waals surface area contributed by atoms with Crippen molar-refractivity contribution in [3.8, 4) is 0 Å². The Hall–Kier alpha value is -0.210. The van der Waals surface area contributed by atoms with E-state index in [2.05, 4.69) is 0 Å². The third-order valence-electron chi connectivity index (χ3n) is 4.92. The second-order valence-electron chi connectivity index (χ2n) is 5.43. The molecular formula is C12H19F3. The smallest absolute Gasteiger partial charge is 0.170 e. The molecule has 0 aliphatic heterocycles. The van der Waals surface area contributed by atoms with Gasteiger partial charge in [-0.25, -0.2) is 0 Å². The summed E-state index contributed by atoms with van der Waals surface area (Å²) >= 11 is 0. The minimum Gasteiger partial charge on any atom is -0.170 e. The molecule has 2 fully saturated rings. The maximum absolute atomic E-state index is 13.3. The van der Waals surface area contributed by atoms with E-state index < -0.39 is 11.6 Å². The van der Waals surface area contributed by atoms with Crippen molar-refractivity contribution in [1.29, 1.82) is 0 Å². The van der Waals surface area contributed by atoms with Crippen LogP contribution >= 0.6 is 0 Å². The van der Waals surface area contributed by atoms with Gasteiger partial charge in [0.05, 0.1) is 5.41 Å². The van der Waals surface area contributed by atoms with Gasteiger partial charge in [0.15, 0.2) is 0 Å². The molecule has 0 radical (unpaired) electrons. The van der Waals surface area contributed by atoms with Crippen molar-refractivity contribution in [3.05, 3.63) is 0 Å². The molecule has 3 heteroatoms. The van der Waals surface area contributed by atoms with Gasteiger partial charge in [-0.3, -0.25) is 0 Å². The number of halogens is 3. The molecule has 0 aromatic heterocycles. The normalized spacial score (nSPS) is 42.2. The summed E-state index contributed by atoms with van der Waals surface area (Å²) in [7, 11) is 0. The number of rotatable bonds is 2. The topological polar surface area (TPSA) is 0 Å². The van der Waals surface area contributed by atoms with E-state index in [1.807, 2.05) is 6.92 Å². The minimum atomic E-state index is -4.00.